The number of pyridine rings is 2. The van der Waals surface area contributed by atoms with E-state index in [1.54, 1.807) is 30.5 Å². The molecule has 22 heavy (non-hydrogen) atoms. The van der Waals surface area contributed by atoms with Crippen molar-refractivity contribution in [3.05, 3.63) is 75.0 Å². The first-order valence-electron chi connectivity index (χ1n) is 6.38. The number of aromatic nitrogens is 3. The van der Waals surface area contributed by atoms with Crippen LogP contribution in [0.2, 0.25) is 0 Å². The molecule has 3 rings (SSSR count). The maximum absolute atomic E-state index is 12.0. The van der Waals surface area contributed by atoms with Gasteiger partial charge in [-0.3, -0.25) is 14.2 Å². The predicted molar refractivity (Wildman–Crippen MR) is 82.5 cm³/mol. The van der Waals surface area contributed by atoms with E-state index in [2.05, 4.69) is 25.9 Å². The Kier molecular flexibility index (Phi) is 3.97. The van der Waals surface area contributed by atoms with E-state index in [1.807, 2.05) is 0 Å². The fourth-order valence-corrected chi connectivity index (χ4v) is 2.25. The summed E-state index contributed by atoms with van der Waals surface area (Å²) in [7, 11) is 0. The molecule has 0 aliphatic carbocycles. The average molecular weight is 360 g/mol. The van der Waals surface area contributed by atoms with Crippen LogP contribution in [0.1, 0.15) is 16.1 Å². The molecule has 3 heterocycles. The summed E-state index contributed by atoms with van der Waals surface area (Å²) in [6.07, 6.45) is 4.65. The quantitative estimate of drug-likeness (QED) is 0.670. The van der Waals surface area contributed by atoms with Gasteiger partial charge in [-0.1, -0.05) is 0 Å². The van der Waals surface area contributed by atoms with E-state index in [0.29, 0.717) is 16.9 Å². The highest BCUT2D eigenvalue weighted by Gasteiger charge is 2.09. The summed E-state index contributed by atoms with van der Waals surface area (Å²) in [5, 5.41) is 0. The number of carbonyl (C=O) groups excluding carboxylic acids is 1. The Balaban J connectivity index is 1.81. The molecule has 0 saturated heterocycles. The molecule has 0 amide bonds. The van der Waals surface area contributed by atoms with Gasteiger partial charge in [-0.25, -0.2) is 9.78 Å². The molecule has 0 spiro atoms. The van der Waals surface area contributed by atoms with E-state index in [4.69, 9.17) is 4.74 Å². The van der Waals surface area contributed by atoms with Crippen molar-refractivity contribution in [1.29, 1.82) is 0 Å². The molecule has 3 aromatic heterocycles. The Hall–Kier alpha value is -2.54. The van der Waals surface area contributed by atoms with Gasteiger partial charge in [-0.05, 0) is 40.2 Å². The number of carbonyl (C=O) groups is 1. The van der Waals surface area contributed by atoms with Gasteiger partial charge < -0.3 is 4.74 Å². The molecular formula is C15H10BrN3O3. The van der Waals surface area contributed by atoms with Crippen molar-refractivity contribution >= 4 is 27.5 Å². The Labute approximate surface area is 133 Å². The highest BCUT2D eigenvalue weighted by Crippen LogP contribution is 2.10. The fourth-order valence-electron chi connectivity index (χ4n) is 1.91. The Morgan fingerprint density at radius 3 is 2.77 bits per heavy atom. The standard InChI is InChI=1S/C15H10BrN3O3/c16-11-1-2-13-18-12(7-14(20)19(13)8-11)9-22-15(21)10-3-5-17-6-4-10/h1-8H,9H2. The third-order valence-electron chi connectivity index (χ3n) is 2.94. The van der Waals surface area contributed by atoms with E-state index in [9.17, 15) is 9.59 Å². The zero-order chi connectivity index (χ0) is 15.5. The second-order valence-electron chi connectivity index (χ2n) is 4.47. The van der Waals surface area contributed by atoms with Gasteiger partial charge >= 0.3 is 5.97 Å². The molecule has 0 bridgehead atoms. The third-order valence-corrected chi connectivity index (χ3v) is 3.41. The maximum atomic E-state index is 12.0. The molecule has 3 aromatic rings. The second kappa shape index (κ2) is 6.07. The number of esters is 1. The summed E-state index contributed by atoms with van der Waals surface area (Å²) in [5.41, 5.74) is 1.05. The Morgan fingerprint density at radius 2 is 2.00 bits per heavy atom. The first kappa shape index (κ1) is 14.4. The van der Waals surface area contributed by atoms with Crippen molar-refractivity contribution in [2.45, 2.75) is 6.61 Å². The van der Waals surface area contributed by atoms with Crippen LogP contribution in [0.5, 0.6) is 0 Å². The van der Waals surface area contributed by atoms with Crippen LogP contribution in [0, 0.1) is 0 Å². The van der Waals surface area contributed by atoms with Crippen LogP contribution >= 0.6 is 15.9 Å². The highest BCUT2D eigenvalue weighted by molar-refractivity contribution is 9.10. The normalized spacial score (nSPS) is 10.6. The van der Waals surface area contributed by atoms with E-state index < -0.39 is 5.97 Å². The summed E-state index contributed by atoms with van der Waals surface area (Å²) >= 11 is 3.30. The minimum atomic E-state index is -0.486. The summed E-state index contributed by atoms with van der Waals surface area (Å²) in [4.78, 5) is 32.0. The van der Waals surface area contributed by atoms with Crippen molar-refractivity contribution in [2.24, 2.45) is 0 Å². The van der Waals surface area contributed by atoms with Gasteiger partial charge in [0.05, 0.1) is 11.3 Å². The first-order chi connectivity index (χ1) is 10.6. The lowest BCUT2D eigenvalue weighted by atomic mass is 10.3. The second-order valence-corrected chi connectivity index (χ2v) is 5.39. The maximum Gasteiger partial charge on any atom is 0.338 e. The van der Waals surface area contributed by atoms with Crippen LogP contribution in [-0.4, -0.2) is 20.3 Å². The first-order valence-corrected chi connectivity index (χ1v) is 7.18. The van der Waals surface area contributed by atoms with Gasteiger partial charge in [0.1, 0.15) is 12.3 Å². The molecule has 0 unspecified atom stereocenters. The van der Waals surface area contributed by atoms with Gasteiger partial charge in [0.2, 0.25) is 0 Å². The summed E-state index contributed by atoms with van der Waals surface area (Å²) in [5.74, 6) is -0.486. The molecule has 0 saturated carbocycles. The number of rotatable bonds is 3. The third kappa shape index (κ3) is 3.04. The number of nitrogens with zero attached hydrogens (tertiary/aromatic N) is 3. The molecule has 0 aliphatic rings. The minimum absolute atomic E-state index is 0.0665. The molecule has 0 atom stereocenters. The zero-order valence-electron chi connectivity index (χ0n) is 11.3. The molecule has 0 N–H and O–H groups in total. The predicted octanol–water partition coefficient (Wildman–Crippen LogP) is 2.21. The summed E-state index contributed by atoms with van der Waals surface area (Å²) in [6, 6.07) is 7.96. The number of fused-ring (bicyclic) bond motifs is 1. The van der Waals surface area contributed by atoms with E-state index in [-0.39, 0.29) is 12.2 Å². The van der Waals surface area contributed by atoms with Gasteiger partial charge in [0.15, 0.2) is 0 Å². The number of halogens is 1. The molecular weight excluding hydrogens is 350 g/mol. The van der Waals surface area contributed by atoms with Gasteiger partial charge in [-0.2, -0.15) is 0 Å². The van der Waals surface area contributed by atoms with Gasteiger partial charge in [0, 0.05) is 29.1 Å². The summed E-state index contributed by atoms with van der Waals surface area (Å²) < 4.78 is 7.35. The lowest BCUT2D eigenvalue weighted by molar-refractivity contribution is 0.0467. The van der Waals surface area contributed by atoms with Crippen LogP contribution in [0.4, 0.5) is 0 Å². The van der Waals surface area contributed by atoms with Gasteiger partial charge in [0.25, 0.3) is 5.56 Å². The molecule has 110 valence electrons. The van der Waals surface area contributed by atoms with Crippen LogP contribution < -0.4 is 5.56 Å². The molecule has 0 aromatic carbocycles. The van der Waals surface area contributed by atoms with Crippen molar-refractivity contribution < 1.29 is 9.53 Å². The smallest absolute Gasteiger partial charge is 0.338 e. The SMILES string of the molecule is O=C(OCc1cc(=O)n2cc(Br)ccc2n1)c1ccncc1. The van der Waals surface area contributed by atoms with Crippen LogP contribution in [0.15, 0.2) is 58.2 Å². The van der Waals surface area contributed by atoms with Crippen LogP contribution in [-0.2, 0) is 11.3 Å². The van der Waals surface area contributed by atoms with Crippen molar-refractivity contribution in [2.75, 3.05) is 0 Å². The lowest BCUT2D eigenvalue weighted by Crippen LogP contribution is -2.16. The van der Waals surface area contributed by atoms with Crippen molar-refractivity contribution in [1.82, 2.24) is 14.4 Å². The monoisotopic (exact) mass is 359 g/mol. The van der Waals surface area contributed by atoms with Crippen molar-refractivity contribution in [3.63, 3.8) is 0 Å². The molecule has 0 radical (unpaired) electrons. The van der Waals surface area contributed by atoms with E-state index in [1.165, 1.54) is 22.9 Å². The molecule has 0 aliphatic heterocycles. The molecule has 7 heteroatoms. The van der Waals surface area contributed by atoms with Crippen LogP contribution in [0.3, 0.4) is 0 Å². The number of ether oxygens (including phenoxy) is 1. The Morgan fingerprint density at radius 1 is 1.23 bits per heavy atom. The topological polar surface area (TPSA) is 73.6 Å². The average Bonchev–Trinajstić information content (AvgIpc) is 2.54. The largest absolute Gasteiger partial charge is 0.456 e. The van der Waals surface area contributed by atoms with Gasteiger partial charge in [-0.15, -0.1) is 0 Å². The number of hydrogen-bond donors (Lipinski definition) is 0. The minimum Gasteiger partial charge on any atom is -0.456 e. The van der Waals surface area contributed by atoms with Crippen molar-refractivity contribution in [3.8, 4) is 0 Å². The van der Waals surface area contributed by atoms with E-state index >= 15 is 0 Å². The zero-order valence-corrected chi connectivity index (χ0v) is 12.9. The van der Waals surface area contributed by atoms with E-state index in [0.717, 1.165) is 4.47 Å². The lowest BCUT2D eigenvalue weighted by Gasteiger charge is -2.06. The Bertz CT molecular complexity index is 893. The number of hydrogen-bond acceptors (Lipinski definition) is 5. The molecule has 6 nitrogen and oxygen atoms in total. The summed E-state index contributed by atoms with van der Waals surface area (Å²) in [6.45, 7) is -0.0665. The highest BCUT2D eigenvalue weighted by atomic mass is 79.9. The van der Waals surface area contributed by atoms with Crippen LogP contribution in [0.25, 0.3) is 5.65 Å². The molecule has 0 fully saturated rings. The fraction of sp³-hybridized carbons (Fsp3) is 0.0667.